The van der Waals surface area contributed by atoms with Gasteiger partial charge in [0.2, 0.25) is 11.8 Å². The Kier molecular flexibility index (Phi) is 10.2. The molecule has 0 aliphatic heterocycles. The number of carbonyl (C=O) groups excluding carboxylic acids is 2. The summed E-state index contributed by atoms with van der Waals surface area (Å²) in [6.07, 6.45) is 0. The Hall–Kier alpha value is -4.42. The molecule has 0 unspecified atom stereocenters. The molecule has 6 aromatic rings. The predicted octanol–water partition coefficient (Wildman–Crippen LogP) is 9.19. The lowest BCUT2D eigenvalue weighted by Gasteiger charge is -2.07. The third-order valence-electron chi connectivity index (χ3n) is 6.26. The van der Waals surface area contributed by atoms with Crippen molar-refractivity contribution in [3.63, 3.8) is 0 Å². The van der Waals surface area contributed by atoms with Gasteiger partial charge in [0, 0.05) is 31.7 Å². The van der Waals surface area contributed by atoms with Crippen molar-refractivity contribution in [2.45, 2.75) is 9.79 Å². The lowest BCUT2D eigenvalue weighted by atomic mass is 10.1. The molecule has 2 amide bonds. The number of thioether (sulfide) groups is 2. The van der Waals surface area contributed by atoms with E-state index in [-0.39, 0.29) is 11.8 Å². The van der Waals surface area contributed by atoms with E-state index in [2.05, 4.69) is 20.6 Å². The van der Waals surface area contributed by atoms with Crippen molar-refractivity contribution in [3.05, 3.63) is 120 Å². The number of hydrogen-bond acceptors (Lipinski definition) is 9. The van der Waals surface area contributed by atoms with Crippen LogP contribution in [0.1, 0.15) is 0 Å². The molecule has 224 valence electrons. The number of rotatable bonds is 12. The largest absolute Gasteiger partial charge is 0.457 e. The van der Waals surface area contributed by atoms with Crippen LogP contribution in [-0.2, 0) is 9.59 Å². The third-order valence-corrected chi connectivity index (χ3v) is 9.80. The number of thiazole rings is 2. The molecule has 7 nitrogen and oxygen atoms in total. The molecule has 0 radical (unpaired) electrons. The summed E-state index contributed by atoms with van der Waals surface area (Å²) in [5.41, 5.74) is 3.43. The van der Waals surface area contributed by atoms with Gasteiger partial charge in [-0.3, -0.25) is 9.59 Å². The molecular formula is C34H26N4O3S4. The zero-order valence-corrected chi connectivity index (χ0v) is 27.0. The second-order valence-electron chi connectivity index (χ2n) is 9.53. The maximum Gasteiger partial charge on any atom is 0.236 e. The van der Waals surface area contributed by atoms with Crippen LogP contribution in [0, 0.1) is 0 Å². The molecule has 2 aromatic heterocycles. The minimum absolute atomic E-state index is 0.0878. The van der Waals surface area contributed by atoms with Crippen molar-refractivity contribution in [1.29, 1.82) is 0 Å². The highest BCUT2D eigenvalue weighted by atomic mass is 32.2. The number of hydrogen-bond donors (Lipinski definition) is 2. The normalized spacial score (nSPS) is 10.8. The second kappa shape index (κ2) is 15.0. The van der Waals surface area contributed by atoms with E-state index in [1.54, 1.807) is 0 Å². The minimum Gasteiger partial charge on any atom is -0.457 e. The van der Waals surface area contributed by atoms with Gasteiger partial charge in [-0.05, 0) is 72.8 Å². The summed E-state index contributed by atoms with van der Waals surface area (Å²) in [5.74, 6) is 1.86. The maximum absolute atomic E-state index is 12.4. The number of carbonyl (C=O) groups is 2. The Labute approximate surface area is 277 Å². The predicted molar refractivity (Wildman–Crippen MR) is 187 cm³/mol. The molecule has 0 spiro atoms. The fourth-order valence-corrected chi connectivity index (χ4v) is 7.00. The number of nitrogens with one attached hydrogen (secondary N) is 2. The summed E-state index contributed by atoms with van der Waals surface area (Å²) in [4.78, 5) is 36.0. The van der Waals surface area contributed by atoms with Gasteiger partial charge in [-0.25, -0.2) is 9.97 Å². The minimum atomic E-state index is -0.0878. The summed E-state index contributed by atoms with van der Waals surface area (Å²) in [6.45, 7) is 0. The number of benzene rings is 4. The molecule has 0 atom stereocenters. The molecule has 0 bridgehead atoms. The maximum atomic E-state index is 12.4. The van der Waals surface area contributed by atoms with Gasteiger partial charge in [-0.1, -0.05) is 36.4 Å². The first-order valence-electron chi connectivity index (χ1n) is 13.8. The number of ether oxygens (including phenoxy) is 1. The van der Waals surface area contributed by atoms with Crippen molar-refractivity contribution < 1.29 is 14.3 Å². The summed E-state index contributed by atoms with van der Waals surface area (Å²) in [5, 5.41) is 10.8. The van der Waals surface area contributed by atoms with Gasteiger partial charge in [-0.2, -0.15) is 0 Å². The molecule has 0 saturated heterocycles. The molecular weight excluding hydrogens is 641 g/mol. The van der Waals surface area contributed by atoms with Crippen LogP contribution in [0.4, 0.5) is 10.3 Å². The summed E-state index contributed by atoms with van der Waals surface area (Å²) >= 11 is 5.77. The second-order valence-corrected chi connectivity index (χ2v) is 13.3. The molecule has 2 heterocycles. The lowest BCUT2D eigenvalue weighted by Crippen LogP contribution is -2.13. The third kappa shape index (κ3) is 8.83. The summed E-state index contributed by atoms with van der Waals surface area (Å²) < 4.78 is 6.05. The van der Waals surface area contributed by atoms with Crippen LogP contribution in [0.15, 0.2) is 130 Å². The molecule has 0 aliphatic carbocycles. The smallest absolute Gasteiger partial charge is 0.236 e. The van der Waals surface area contributed by atoms with Crippen LogP contribution in [0.3, 0.4) is 0 Å². The van der Waals surface area contributed by atoms with Crippen LogP contribution in [0.5, 0.6) is 11.5 Å². The lowest BCUT2D eigenvalue weighted by molar-refractivity contribution is -0.114. The quantitative estimate of drug-likeness (QED) is 0.126. The first-order chi connectivity index (χ1) is 22.1. The van der Waals surface area contributed by atoms with Crippen LogP contribution in [0.25, 0.3) is 22.5 Å². The molecule has 0 aliphatic rings. The van der Waals surface area contributed by atoms with Crippen LogP contribution < -0.4 is 15.4 Å². The van der Waals surface area contributed by atoms with Gasteiger partial charge in [0.25, 0.3) is 0 Å². The fraction of sp³-hybridized carbons (Fsp3) is 0.0588. The standard InChI is InChI=1S/C34H26N4O3S4/c39-31(21-42-27-7-3-1-4-8-27)37-33-35-29(19-44-33)23-11-15-25(16-12-23)41-26-17-13-24(14-18-26)30-20-45-34(36-30)38-32(40)22-43-28-9-5-2-6-10-28/h1-20H,21-22H2,(H,35,37,39)(H,36,38,40). The highest BCUT2D eigenvalue weighted by Crippen LogP contribution is 2.31. The Morgan fingerprint density at radius 2 is 0.978 bits per heavy atom. The van der Waals surface area contributed by atoms with Gasteiger partial charge >= 0.3 is 0 Å². The van der Waals surface area contributed by atoms with Gasteiger partial charge in [0.15, 0.2) is 10.3 Å². The topological polar surface area (TPSA) is 93.2 Å². The van der Waals surface area contributed by atoms with E-state index in [1.807, 2.05) is 120 Å². The first kappa shape index (κ1) is 30.6. The van der Waals surface area contributed by atoms with Crippen molar-refractivity contribution in [2.75, 3.05) is 22.1 Å². The first-order valence-corrected chi connectivity index (χ1v) is 17.6. The van der Waals surface area contributed by atoms with Crippen molar-refractivity contribution in [1.82, 2.24) is 9.97 Å². The average Bonchev–Trinajstić information content (AvgIpc) is 3.74. The summed E-state index contributed by atoms with van der Waals surface area (Å²) in [6, 6.07) is 35.0. The zero-order valence-electron chi connectivity index (χ0n) is 23.7. The molecule has 45 heavy (non-hydrogen) atoms. The Bertz CT molecular complexity index is 1720. The van der Waals surface area contributed by atoms with Gasteiger partial charge in [0.1, 0.15) is 11.5 Å². The Morgan fingerprint density at radius 1 is 0.578 bits per heavy atom. The van der Waals surface area contributed by atoms with Gasteiger partial charge < -0.3 is 15.4 Å². The van der Waals surface area contributed by atoms with Crippen molar-refractivity contribution >= 4 is 68.3 Å². The monoisotopic (exact) mass is 666 g/mol. The van der Waals surface area contributed by atoms with E-state index in [0.717, 1.165) is 32.3 Å². The molecule has 4 aromatic carbocycles. The highest BCUT2D eigenvalue weighted by Gasteiger charge is 2.11. The number of nitrogens with zero attached hydrogens (tertiary/aromatic N) is 2. The Morgan fingerprint density at radius 3 is 1.38 bits per heavy atom. The Balaban J connectivity index is 0.984. The summed E-state index contributed by atoms with van der Waals surface area (Å²) in [7, 11) is 0. The van der Waals surface area contributed by atoms with Crippen LogP contribution >= 0.6 is 46.2 Å². The SMILES string of the molecule is O=C(CSc1ccccc1)Nc1nc(-c2ccc(Oc3ccc(-c4csc(NC(=O)CSc5ccccc5)n4)cc3)cc2)cs1. The average molecular weight is 667 g/mol. The number of anilines is 2. The van der Waals surface area contributed by atoms with Crippen molar-refractivity contribution in [3.8, 4) is 34.0 Å². The van der Waals surface area contributed by atoms with E-state index in [0.29, 0.717) is 33.3 Å². The molecule has 6 rings (SSSR count). The zero-order chi connectivity index (χ0) is 30.8. The van der Waals surface area contributed by atoms with Gasteiger partial charge in [-0.15, -0.1) is 46.2 Å². The molecule has 0 fully saturated rings. The number of aromatic nitrogens is 2. The van der Waals surface area contributed by atoms with E-state index in [4.69, 9.17) is 4.74 Å². The van der Waals surface area contributed by atoms with Crippen LogP contribution in [-0.4, -0.2) is 33.3 Å². The van der Waals surface area contributed by atoms with E-state index in [9.17, 15) is 9.59 Å². The molecule has 11 heteroatoms. The van der Waals surface area contributed by atoms with E-state index < -0.39 is 0 Å². The molecule has 2 N–H and O–H groups in total. The van der Waals surface area contributed by atoms with E-state index >= 15 is 0 Å². The van der Waals surface area contributed by atoms with E-state index in [1.165, 1.54) is 46.2 Å². The van der Waals surface area contributed by atoms with Gasteiger partial charge in [0.05, 0.1) is 22.9 Å². The van der Waals surface area contributed by atoms with Crippen LogP contribution in [0.2, 0.25) is 0 Å². The number of amides is 2. The van der Waals surface area contributed by atoms with Crippen molar-refractivity contribution in [2.24, 2.45) is 0 Å². The fourth-order valence-electron chi connectivity index (χ4n) is 4.09. The highest BCUT2D eigenvalue weighted by molar-refractivity contribution is 8.00. The molecule has 0 saturated carbocycles.